The Morgan fingerprint density at radius 2 is 2.50 bits per heavy atom. The van der Waals surface area contributed by atoms with Crippen molar-refractivity contribution in [1.82, 2.24) is 5.06 Å². The molecule has 1 radical (unpaired) electrons. The summed E-state index contributed by atoms with van der Waals surface area (Å²) in [5, 5.41) is 9.79. The summed E-state index contributed by atoms with van der Waals surface area (Å²) >= 11 is 0. The van der Waals surface area contributed by atoms with Crippen LogP contribution in [0, 0.1) is 17.9 Å². The molecule has 0 aliphatic carbocycles. The van der Waals surface area contributed by atoms with E-state index in [1.165, 1.54) is 6.61 Å². The maximum Gasteiger partial charge on any atom is 0.121 e. The van der Waals surface area contributed by atoms with Gasteiger partial charge in [0.1, 0.15) is 6.61 Å². The minimum absolute atomic E-state index is 0.372. The van der Waals surface area contributed by atoms with Gasteiger partial charge in [-0.15, -0.1) is 0 Å². The van der Waals surface area contributed by atoms with Gasteiger partial charge < -0.3 is 0 Å². The molecule has 0 amide bonds. The molecule has 0 aromatic heterocycles. The number of nitriles is 1. The standard InChI is InChI=1S/C5H7N2O/c6-2-1-5-8-7-3-4-7/h5H,1,3-4H2. The summed E-state index contributed by atoms with van der Waals surface area (Å²) in [5.74, 6) is 0. The fourth-order valence-electron chi connectivity index (χ4n) is 0.326. The lowest BCUT2D eigenvalue weighted by molar-refractivity contribution is -0.0205. The number of hydrogen-bond donors (Lipinski definition) is 0. The van der Waals surface area contributed by atoms with Gasteiger partial charge in [0.25, 0.3) is 0 Å². The van der Waals surface area contributed by atoms with Crippen molar-refractivity contribution in [1.29, 1.82) is 5.26 Å². The first-order valence-corrected chi connectivity index (χ1v) is 2.54. The number of hydroxylamine groups is 2. The van der Waals surface area contributed by atoms with Crippen LogP contribution in [0.25, 0.3) is 0 Å². The summed E-state index contributed by atoms with van der Waals surface area (Å²) in [6.07, 6.45) is 0.372. The van der Waals surface area contributed by atoms with Crippen LogP contribution in [0.15, 0.2) is 0 Å². The molecule has 0 N–H and O–H groups in total. The second kappa shape index (κ2) is 2.65. The van der Waals surface area contributed by atoms with Crippen LogP contribution in [0.5, 0.6) is 0 Å². The number of hydrogen-bond acceptors (Lipinski definition) is 3. The highest BCUT2D eigenvalue weighted by Crippen LogP contribution is 2.05. The molecule has 1 aliphatic heterocycles. The molecular weight excluding hydrogens is 104 g/mol. The highest BCUT2D eigenvalue weighted by Gasteiger charge is 2.17. The van der Waals surface area contributed by atoms with E-state index in [1.54, 1.807) is 5.06 Å². The van der Waals surface area contributed by atoms with Crippen molar-refractivity contribution in [3.63, 3.8) is 0 Å². The van der Waals surface area contributed by atoms with Crippen LogP contribution in [0.2, 0.25) is 0 Å². The molecule has 0 unspecified atom stereocenters. The molecule has 0 aromatic rings. The van der Waals surface area contributed by atoms with Gasteiger partial charge >= 0.3 is 0 Å². The lowest BCUT2D eigenvalue weighted by atomic mass is 10.5. The lowest BCUT2D eigenvalue weighted by Gasteiger charge is -1.94. The predicted octanol–water partition coefficient (Wildman–Crippen LogP) is 0.309. The van der Waals surface area contributed by atoms with E-state index < -0.39 is 0 Å². The molecule has 0 spiro atoms. The van der Waals surface area contributed by atoms with Crippen molar-refractivity contribution in [2.75, 3.05) is 13.1 Å². The van der Waals surface area contributed by atoms with Gasteiger partial charge in [0.2, 0.25) is 0 Å². The van der Waals surface area contributed by atoms with E-state index in [9.17, 15) is 0 Å². The molecule has 0 bridgehead atoms. The third kappa shape index (κ3) is 1.92. The Bertz CT molecular complexity index is 103. The maximum absolute atomic E-state index is 8.02. The number of nitrogens with zero attached hydrogens (tertiary/aromatic N) is 2. The third-order valence-electron chi connectivity index (χ3n) is 0.804. The summed E-state index contributed by atoms with van der Waals surface area (Å²) in [4.78, 5) is 4.88. The van der Waals surface area contributed by atoms with Gasteiger partial charge in [-0.05, 0) is 0 Å². The quantitative estimate of drug-likeness (QED) is 0.388. The van der Waals surface area contributed by atoms with Crippen molar-refractivity contribution in [2.24, 2.45) is 0 Å². The average molecular weight is 111 g/mol. The van der Waals surface area contributed by atoms with Gasteiger partial charge in [0.15, 0.2) is 0 Å². The van der Waals surface area contributed by atoms with Crippen molar-refractivity contribution >= 4 is 0 Å². The van der Waals surface area contributed by atoms with E-state index in [0.29, 0.717) is 6.42 Å². The monoisotopic (exact) mass is 111 g/mol. The first-order chi connectivity index (χ1) is 3.93. The van der Waals surface area contributed by atoms with Crippen molar-refractivity contribution < 1.29 is 4.84 Å². The van der Waals surface area contributed by atoms with Crippen LogP contribution >= 0.6 is 0 Å². The van der Waals surface area contributed by atoms with E-state index in [4.69, 9.17) is 10.1 Å². The molecule has 0 saturated carbocycles. The second-order valence-corrected chi connectivity index (χ2v) is 1.56. The minimum atomic E-state index is 0.372. The largest absolute Gasteiger partial charge is 0.292 e. The molecule has 0 atom stereocenters. The Hall–Kier alpha value is -0.590. The van der Waals surface area contributed by atoms with Crippen molar-refractivity contribution in [3.8, 4) is 6.07 Å². The van der Waals surface area contributed by atoms with Crippen molar-refractivity contribution in [2.45, 2.75) is 6.42 Å². The molecule has 1 rings (SSSR count). The molecule has 3 heteroatoms. The zero-order valence-electron chi connectivity index (χ0n) is 4.50. The van der Waals surface area contributed by atoms with Crippen LogP contribution in [0.1, 0.15) is 6.42 Å². The summed E-state index contributed by atoms with van der Waals surface area (Å²) in [6, 6.07) is 1.94. The number of rotatable bonds is 3. The van der Waals surface area contributed by atoms with Crippen LogP contribution in [-0.4, -0.2) is 18.2 Å². The molecule has 8 heavy (non-hydrogen) atoms. The zero-order valence-corrected chi connectivity index (χ0v) is 4.50. The van der Waals surface area contributed by atoms with Gasteiger partial charge in [0.05, 0.1) is 12.5 Å². The molecular formula is C5H7N2O. The fraction of sp³-hybridized carbons (Fsp3) is 0.600. The van der Waals surface area contributed by atoms with Crippen LogP contribution in [-0.2, 0) is 4.84 Å². The maximum atomic E-state index is 8.02. The highest BCUT2D eigenvalue weighted by molar-refractivity contribution is 4.75. The van der Waals surface area contributed by atoms with Crippen LogP contribution in [0.4, 0.5) is 0 Å². The van der Waals surface area contributed by atoms with Gasteiger partial charge in [0, 0.05) is 13.1 Å². The van der Waals surface area contributed by atoms with Gasteiger partial charge in [-0.2, -0.15) is 10.3 Å². The SMILES string of the molecule is N#CC[CH]ON1CC1. The van der Waals surface area contributed by atoms with Gasteiger partial charge in [-0.25, -0.2) is 0 Å². The zero-order chi connectivity index (χ0) is 5.82. The summed E-state index contributed by atoms with van der Waals surface area (Å²) in [5.41, 5.74) is 0. The molecule has 3 nitrogen and oxygen atoms in total. The Balaban J connectivity index is 1.83. The molecule has 1 saturated heterocycles. The van der Waals surface area contributed by atoms with Gasteiger partial charge in [-0.1, -0.05) is 0 Å². The average Bonchev–Trinajstić information content (AvgIpc) is 2.51. The smallest absolute Gasteiger partial charge is 0.121 e. The Labute approximate surface area is 48.4 Å². The molecule has 1 aliphatic rings. The van der Waals surface area contributed by atoms with E-state index in [1.807, 2.05) is 6.07 Å². The summed E-state index contributed by atoms with van der Waals surface area (Å²) < 4.78 is 0. The first-order valence-electron chi connectivity index (χ1n) is 2.54. The van der Waals surface area contributed by atoms with E-state index in [0.717, 1.165) is 13.1 Å². The lowest BCUT2D eigenvalue weighted by Crippen LogP contribution is -1.93. The van der Waals surface area contributed by atoms with Crippen LogP contribution in [0.3, 0.4) is 0 Å². The Morgan fingerprint density at radius 3 is 3.00 bits per heavy atom. The van der Waals surface area contributed by atoms with Crippen LogP contribution < -0.4 is 0 Å². The summed E-state index contributed by atoms with van der Waals surface area (Å²) in [7, 11) is 0. The molecule has 1 fully saturated rings. The summed E-state index contributed by atoms with van der Waals surface area (Å²) in [6.45, 7) is 3.51. The normalized spacial score (nSPS) is 17.9. The predicted molar refractivity (Wildman–Crippen MR) is 27.2 cm³/mol. The fourth-order valence-corrected chi connectivity index (χ4v) is 0.326. The van der Waals surface area contributed by atoms with E-state index in [2.05, 4.69) is 0 Å². The molecule has 0 aromatic carbocycles. The van der Waals surface area contributed by atoms with Crippen molar-refractivity contribution in [3.05, 3.63) is 6.61 Å². The highest BCUT2D eigenvalue weighted by atomic mass is 16.7. The van der Waals surface area contributed by atoms with Gasteiger partial charge in [-0.3, -0.25) is 4.84 Å². The Morgan fingerprint density at radius 1 is 1.75 bits per heavy atom. The third-order valence-corrected chi connectivity index (χ3v) is 0.804. The van der Waals surface area contributed by atoms with E-state index >= 15 is 0 Å². The molecule has 1 heterocycles. The second-order valence-electron chi connectivity index (χ2n) is 1.56. The topological polar surface area (TPSA) is 36.0 Å². The Kier molecular flexibility index (Phi) is 1.84. The first kappa shape index (κ1) is 5.54. The minimum Gasteiger partial charge on any atom is -0.292 e. The molecule has 43 valence electrons. The van der Waals surface area contributed by atoms with E-state index in [-0.39, 0.29) is 0 Å².